The molecule has 0 atom stereocenters. The Morgan fingerprint density at radius 1 is 0.742 bits per heavy atom. The standard InChI is InChI=1S/C24H23N3O4/c1-28-19-8-4-16(5-9-19)15-31-22-11-7-18(13-23(22)29-2)26-17-6-10-20-21(12-17)27-24(30-3)14-25-20/h4-14,26H,15H2,1-3H3. The van der Waals surface area contributed by atoms with E-state index in [4.69, 9.17) is 18.9 Å². The molecular weight excluding hydrogens is 394 g/mol. The summed E-state index contributed by atoms with van der Waals surface area (Å²) in [5.41, 5.74) is 4.33. The number of hydrogen-bond acceptors (Lipinski definition) is 7. The van der Waals surface area contributed by atoms with Crippen LogP contribution in [0.1, 0.15) is 5.56 Å². The topological polar surface area (TPSA) is 74.7 Å². The molecule has 31 heavy (non-hydrogen) atoms. The number of nitrogens with zero attached hydrogens (tertiary/aromatic N) is 2. The summed E-state index contributed by atoms with van der Waals surface area (Å²) < 4.78 is 21.8. The molecular formula is C24H23N3O4. The van der Waals surface area contributed by atoms with Crippen molar-refractivity contribution in [1.29, 1.82) is 0 Å². The van der Waals surface area contributed by atoms with E-state index in [0.29, 0.717) is 24.0 Å². The fourth-order valence-corrected chi connectivity index (χ4v) is 3.08. The molecule has 158 valence electrons. The van der Waals surface area contributed by atoms with Crippen molar-refractivity contribution in [2.45, 2.75) is 6.61 Å². The molecule has 0 aliphatic rings. The van der Waals surface area contributed by atoms with Gasteiger partial charge in [0.25, 0.3) is 0 Å². The normalized spacial score (nSPS) is 10.5. The van der Waals surface area contributed by atoms with E-state index in [0.717, 1.165) is 33.7 Å². The number of rotatable bonds is 8. The number of benzene rings is 3. The maximum Gasteiger partial charge on any atom is 0.232 e. The van der Waals surface area contributed by atoms with Gasteiger partial charge in [-0.25, -0.2) is 9.97 Å². The summed E-state index contributed by atoms with van der Waals surface area (Å²) in [5, 5.41) is 3.36. The molecule has 4 aromatic rings. The molecule has 0 fully saturated rings. The average Bonchev–Trinajstić information content (AvgIpc) is 2.83. The smallest absolute Gasteiger partial charge is 0.232 e. The SMILES string of the molecule is COc1ccc(COc2ccc(Nc3ccc4ncc(OC)nc4c3)cc2OC)cc1. The van der Waals surface area contributed by atoms with Crippen molar-refractivity contribution in [2.75, 3.05) is 26.6 Å². The van der Waals surface area contributed by atoms with Crippen molar-refractivity contribution >= 4 is 22.4 Å². The Morgan fingerprint density at radius 2 is 1.52 bits per heavy atom. The van der Waals surface area contributed by atoms with Crippen LogP contribution < -0.4 is 24.3 Å². The largest absolute Gasteiger partial charge is 0.497 e. The molecule has 0 saturated carbocycles. The van der Waals surface area contributed by atoms with Gasteiger partial charge in [-0.1, -0.05) is 12.1 Å². The van der Waals surface area contributed by atoms with E-state index in [1.54, 1.807) is 27.5 Å². The van der Waals surface area contributed by atoms with Gasteiger partial charge in [0.15, 0.2) is 11.5 Å². The Bertz CT molecular complexity index is 1180. The monoisotopic (exact) mass is 417 g/mol. The van der Waals surface area contributed by atoms with Gasteiger partial charge in [-0.2, -0.15) is 0 Å². The number of hydrogen-bond donors (Lipinski definition) is 1. The highest BCUT2D eigenvalue weighted by atomic mass is 16.5. The summed E-state index contributed by atoms with van der Waals surface area (Å²) in [4.78, 5) is 8.77. The lowest BCUT2D eigenvalue weighted by molar-refractivity contribution is 0.284. The van der Waals surface area contributed by atoms with Crippen molar-refractivity contribution in [3.63, 3.8) is 0 Å². The number of ether oxygens (including phenoxy) is 4. The van der Waals surface area contributed by atoms with Crippen LogP contribution in [-0.4, -0.2) is 31.3 Å². The van der Waals surface area contributed by atoms with E-state index >= 15 is 0 Å². The molecule has 7 heteroatoms. The molecule has 0 unspecified atom stereocenters. The zero-order chi connectivity index (χ0) is 21.6. The van der Waals surface area contributed by atoms with Gasteiger partial charge < -0.3 is 24.3 Å². The molecule has 0 spiro atoms. The quantitative estimate of drug-likeness (QED) is 0.433. The highest BCUT2D eigenvalue weighted by Gasteiger charge is 2.08. The Labute approximate surface area is 180 Å². The molecule has 0 aliphatic carbocycles. The van der Waals surface area contributed by atoms with Gasteiger partial charge in [0.05, 0.1) is 38.6 Å². The number of nitrogens with one attached hydrogen (secondary N) is 1. The maximum atomic E-state index is 5.95. The second-order valence-electron chi connectivity index (χ2n) is 6.74. The summed E-state index contributed by atoms with van der Waals surface area (Å²) in [6.45, 7) is 0.429. The molecule has 0 saturated heterocycles. The summed E-state index contributed by atoms with van der Waals surface area (Å²) in [6, 6.07) is 19.3. The van der Waals surface area contributed by atoms with E-state index in [2.05, 4.69) is 15.3 Å². The van der Waals surface area contributed by atoms with Crippen LogP contribution in [0.2, 0.25) is 0 Å². The van der Waals surface area contributed by atoms with Gasteiger partial charge in [0, 0.05) is 17.4 Å². The number of aromatic nitrogens is 2. The van der Waals surface area contributed by atoms with Crippen molar-refractivity contribution in [3.8, 4) is 23.1 Å². The minimum Gasteiger partial charge on any atom is -0.497 e. The number of methoxy groups -OCH3 is 3. The van der Waals surface area contributed by atoms with Crippen LogP contribution in [0, 0.1) is 0 Å². The van der Waals surface area contributed by atoms with Gasteiger partial charge >= 0.3 is 0 Å². The third kappa shape index (κ3) is 4.78. The van der Waals surface area contributed by atoms with E-state index in [1.165, 1.54) is 0 Å². The van der Waals surface area contributed by atoms with Crippen LogP contribution in [0.15, 0.2) is 66.9 Å². The third-order valence-electron chi connectivity index (χ3n) is 4.73. The average molecular weight is 417 g/mol. The van der Waals surface area contributed by atoms with Gasteiger partial charge in [-0.15, -0.1) is 0 Å². The zero-order valence-electron chi connectivity index (χ0n) is 17.6. The van der Waals surface area contributed by atoms with E-state index < -0.39 is 0 Å². The number of anilines is 2. The minimum absolute atomic E-state index is 0.429. The fraction of sp³-hybridized carbons (Fsp3) is 0.167. The lowest BCUT2D eigenvalue weighted by Gasteiger charge is -2.14. The summed E-state index contributed by atoms with van der Waals surface area (Å²) in [6.07, 6.45) is 1.60. The molecule has 1 N–H and O–H groups in total. The lowest BCUT2D eigenvalue weighted by Crippen LogP contribution is -1.99. The van der Waals surface area contributed by atoms with Crippen LogP contribution in [0.25, 0.3) is 11.0 Å². The highest BCUT2D eigenvalue weighted by Crippen LogP contribution is 2.32. The molecule has 0 radical (unpaired) electrons. The Balaban J connectivity index is 1.48. The van der Waals surface area contributed by atoms with E-state index in [1.807, 2.05) is 60.7 Å². The van der Waals surface area contributed by atoms with Gasteiger partial charge in [-0.05, 0) is 48.0 Å². The first kappa shape index (κ1) is 20.3. The molecule has 0 aliphatic heterocycles. The van der Waals surface area contributed by atoms with Crippen LogP contribution in [0.5, 0.6) is 23.1 Å². The Morgan fingerprint density at radius 3 is 2.26 bits per heavy atom. The third-order valence-corrected chi connectivity index (χ3v) is 4.73. The maximum absolute atomic E-state index is 5.95. The number of fused-ring (bicyclic) bond motifs is 1. The van der Waals surface area contributed by atoms with Gasteiger partial charge in [-0.3, -0.25) is 0 Å². The minimum atomic E-state index is 0.429. The predicted octanol–water partition coefficient (Wildman–Crippen LogP) is 4.98. The van der Waals surface area contributed by atoms with Crippen molar-refractivity contribution < 1.29 is 18.9 Å². The van der Waals surface area contributed by atoms with E-state index in [-0.39, 0.29) is 0 Å². The summed E-state index contributed by atoms with van der Waals surface area (Å²) in [7, 11) is 4.84. The first-order valence-electron chi connectivity index (χ1n) is 9.70. The second kappa shape index (κ2) is 9.21. The molecule has 7 nitrogen and oxygen atoms in total. The Hall–Kier alpha value is -4.00. The lowest BCUT2D eigenvalue weighted by atomic mass is 10.2. The molecule has 0 bridgehead atoms. The van der Waals surface area contributed by atoms with E-state index in [9.17, 15) is 0 Å². The van der Waals surface area contributed by atoms with Crippen LogP contribution >= 0.6 is 0 Å². The van der Waals surface area contributed by atoms with Crippen LogP contribution in [-0.2, 0) is 6.61 Å². The van der Waals surface area contributed by atoms with Crippen molar-refractivity contribution in [3.05, 3.63) is 72.4 Å². The fourth-order valence-electron chi connectivity index (χ4n) is 3.08. The summed E-state index contributed by atoms with van der Waals surface area (Å²) >= 11 is 0. The highest BCUT2D eigenvalue weighted by molar-refractivity contribution is 5.80. The van der Waals surface area contributed by atoms with Gasteiger partial charge in [0.2, 0.25) is 5.88 Å². The molecule has 1 heterocycles. The molecule has 3 aromatic carbocycles. The second-order valence-corrected chi connectivity index (χ2v) is 6.74. The molecule has 0 amide bonds. The molecule has 4 rings (SSSR count). The first-order valence-corrected chi connectivity index (χ1v) is 9.70. The first-order chi connectivity index (χ1) is 15.2. The van der Waals surface area contributed by atoms with Crippen LogP contribution in [0.3, 0.4) is 0 Å². The Kier molecular flexibility index (Phi) is 6.03. The van der Waals surface area contributed by atoms with Crippen LogP contribution in [0.4, 0.5) is 11.4 Å². The molecule has 1 aromatic heterocycles. The summed E-state index contributed by atoms with van der Waals surface area (Å²) in [5.74, 6) is 2.60. The van der Waals surface area contributed by atoms with Crippen molar-refractivity contribution in [2.24, 2.45) is 0 Å². The van der Waals surface area contributed by atoms with Gasteiger partial charge in [0.1, 0.15) is 12.4 Å². The predicted molar refractivity (Wildman–Crippen MR) is 120 cm³/mol. The zero-order valence-corrected chi connectivity index (χ0v) is 17.6. The van der Waals surface area contributed by atoms with Crippen molar-refractivity contribution in [1.82, 2.24) is 9.97 Å².